The number of ether oxygens (including phenoxy) is 2. The van der Waals surface area contributed by atoms with E-state index in [0.717, 1.165) is 36.8 Å². The molecule has 0 aliphatic heterocycles. The van der Waals surface area contributed by atoms with E-state index in [2.05, 4.69) is 12.2 Å². The predicted octanol–water partition coefficient (Wildman–Crippen LogP) is 5.75. The van der Waals surface area contributed by atoms with E-state index in [1.807, 2.05) is 24.3 Å². The van der Waals surface area contributed by atoms with Crippen molar-refractivity contribution in [2.24, 2.45) is 5.92 Å². The third kappa shape index (κ3) is 4.91. The molecule has 4 rings (SSSR count). The standard InChI is InChI=1S/C26H28F3NO4/c1-17-10-12-18(13-11-17)34-24(32)33-15-14-25(23(31)30-16-26(27,28)29)21-8-4-2-6-19(21)20-7-3-5-9-22(20)25/h2-9,17-18H,10-16H2,1H3,(H,30,31). The smallest absolute Gasteiger partial charge is 0.434 e. The zero-order chi connectivity index (χ0) is 24.3. The van der Waals surface area contributed by atoms with Gasteiger partial charge in [-0.25, -0.2) is 4.79 Å². The third-order valence-electron chi connectivity index (χ3n) is 6.82. The highest BCUT2D eigenvalue weighted by Gasteiger charge is 2.49. The van der Waals surface area contributed by atoms with Crippen molar-refractivity contribution >= 4 is 12.1 Å². The lowest BCUT2D eigenvalue weighted by Crippen LogP contribution is -2.47. The summed E-state index contributed by atoms with van der Waals surface area (Å²) in [6, 6.07) is 14.3. The van der Waals surface area contributed by atoms with Gasteiger partial charge in [-0.1, -0.05) is 55.5 Å². The van der Waals surface area contributed by atoms with Gasteiger partial charge >= 0.3 is 12.3 Å². The second-order valence-electron chi connectivity index (χ2n) is 9.14. The van der Waals surface area contributed by atoms with E-state index in [9.17, 15) is 22.8 Å². The van der Waals surface area contributed by atoms with Gasteiger partial charge in [0.1, 0.15) is 18.1 Å². The Balaban J connectivity index is 1.55. The van der Waals surface area contributed by atoms with Crippen LogP contribution < -0.4 is 5.32 Å². The summed E-state index contributed by atoms with van der Waals surface area (Å²) in [6.45, 7) is 0.542. The maximum absolute atomic E-state index is 13.4. The average Bonchev–Trinajstić information content (AvgIpc) is 3.10. The number of benzene rings is 2. The van der Waals surface area contributed by atoms with Crippen LogP contribution in [0.3, 0.4) is 0 Å². The summed E-state index contributed by atoms with van der Waals surface area (Å²) in [5, 5.41) is 2.06. The van der Waals surface area contributed by atoms with Crippen LogP contribution in [0.4, 0.5) is 18.0 Å². The largest absolute Gasteiger partial charge is 0.508 e. The minimum atomic E-state index is -4.55. The molecule has 2 aliphatic carbocycles. The van der Waals surface area contributed by atoms with Crippen molar-refractivity contribution in [2.75, 3.05) is 13.2 Å². The summed E-state index contributed by atoms with van der Waals surface area (Å²) in [7, 11) is 0. The summed E-state index contributed by atoms with van der Waals surface area (Å²) in [5.41, 5.74) is 1.32. The maximum Gasteiger partial charge on any atom is 0.508 e. The van der Waals surface area contributed by atoms with Crippen molar-refractivity contribution in [3.05, 3.63) is 59.7 Å². The number of hydrogen-bond donors (Lipinski definition) is 1. The van der Waals surface area contributed by atoms with Gasteiger partial charge in [0.15, 0.2) is 0 Å². The van der Waals surface area contributed by atoms with Crippen LogP contribution in [0.5, 0.6) is 0 Å². The number of rotatable bonds is 6. The Bertz CT molecular complexity index is 999. The number of carbonyl (C=O) groups is 2. The van der Waals surface area contributed by atoms with Gasteiger partial charge in [-0.3, -0.25) is 4.79 Å². The van der Waals surface area contributed by atoms with Crippen LogP contribution in [-0.4, -0.2) is 37.5 Å². The van der Waals surface area contributed by atoms with E-state index < -0.39 is 30.2 Å². The molecule has 1 fully saturated rings. The number of hydrogen-bond acceptors (Lipinski definition) is 4. The molecule has 182 valence electrons. The molecule has 1 amide bonds. The van der Waals surface area contributed by atoms with Gasteiger partial charge < -0.3 is 14.8 Å². The Morgan fingerprint density at radius 3 is 2.09 bits per heavy atom. The van der Waals surface area contributed by atoms with Crippen LogP contribution in [0.15, 0.2) is 48.5 Å². The van der Waals surface area contributed by atoms with Gasteiger partial charge in [-0.15, -0.1) is 0 Å². The third-order valence-corrected chi connectivity index (χ3v) is 6.82. The molecule has 8 heteroatoms. The van der Waals surface area contributed by atoms with Gasteiger partial charge in [0.25, 0.3) is 0 Å². The van der Waals surface area contributed by atoms with E-state index in [1.165, 1.54) is 0 Å². The first-order chi connectivity index (χ1) is 16.2. The molecule has 2 aromatic carbocycles. The van der Waals surface area contributed by atoms with Crippen LogP contribution in [-0.2, 0) is 19.7 Å². The minimum Gasteiger partial charge on any atom is -0.434 e. The molecule has 2 aliphatic rings. The van der Waals surface area contributed by atoms with Crippen molar-refractivity contribution in [3.63, 3.8) is 0 Å². The van der Waals surface area contributed by atoms with Gasteiger partial charge in [-0.2, -0.15) is 13.2 Å². The predicted molar refractivity (Wildman–Crippen MR) is 120 cm³/mol. The Morgan fingerprint density at radius 1 is 0.971 bits per heavy atom. The SMILES string of the molecule is CC1CCC(OC(=O)OCCC2(C(=O)NCC(F)(F)F)c3ccccc3-c3ccccc32)CC1. The Hall–Kier alpha value is -3.03. The van der Waals surface area contributed by atoms with E-state index in [1.54, 1.807) is 24.3 Å². The second kappa shape index (κ2) is 9.68. The molecule has 0 atom stereocenters. The lowest BCUT2D eigenvalue weighted by molar-refractivity contribution is -0.141. The van der Waals surface area contributed by atoms with Crippen molar-refractivity contribution in [1.29, 1.82) is 0 Å². The topological polar surface area (TPSA) is 64.6 Å². The fraction of sp³-hybridized carbons (Fsp3) is 0.462. The van der Waals surface area contributed by atoms with Crippen LogP contribution in [0.1, 0.15) is 50.2 Å². The van der Waals surface area contributed by atoms with E-state index in [4.69, 9.17) is 9.47 Å². The Labute approximate surface area is 196 Å². The summed E-state index contributed by atoms with van der Waals surface area (Å²) in [5.74, 6) is -0.172. The fourth-order valence-electron chi connectivity index (χ4n) is 5.09. The second-order valence-corrected chi connectivity index (χ2v) is 9.14. The van der Waals surface area contributed by atoms with Crippen molar-refractivity contribution in [1.82, 2.24) is 5.32 Å². The van der Waals surface area contributed by atoms with Gasteiger partial charge in [0, 0.05) is 6.42 Å². The van der Waals surface area contributed by atoms with Gasteiger partial charge in [-0.05, 0) is 53.9 Å². The summed E-state index contributed by atoms with van der Waals surface area (Å²) in [6.07, 6.45) is -2.05. The molecule has 0 radical (unpaired) electrons. The summed E-state index contributed by atoms with van der Waals surface area (Å²) in [4.78, 5) is 25.7. The zero-order valence-corrected chi connectivity index (χ0v) is 19.0. The zero-order valence-electron chi connectivity index (χ0n) is 19.0. The molecule has 34 heavy (non-hydrogen) atoms. The highest BCUT2D eigenvalue weighted by atomic mass is 19.4. The van der Waals surface area contributed by atoms with Crippen LogP contribution in [0.25, 0.3) is 11.1 Å². The van der Waals surface area contributed by atoms with Crippen LogP contribution in [0, 0.1) is 5.92 Å². The number of carbonyl (C=O) groups excluding carboxylic acids is 2. The first-order valence-electron chi connectivity index (χ1n) is 11.6. The Kier molecular flexibility index (Phi) is 6.86. The van der Waals surface area contributed by atoms with E-state index in [0.29, 0.717) is 17.0 Å². The molecule has 1 N–H and O–H groups in total. The lowest BCUT2D eigenvalue weighted by Gasteiger charge is -2.31. The lowest BCUT2D eigenvalue weighted by atomic mass is 9.74. The fourth-order valence-corrected chi connectivity index (χ4v) is 5.09. The molecule has 1 saturated carbocycles. The van der Waals surface area contributed by atoms with Gasteiger partial charge in [0.05, 0.1) is 6.61 Å². The maximum atomic E-state index is 13.4. The van der Waals surface area contributed by atoms with Crippen molar-refractivity contribution in [2.45, 2.75) is 56.7 Å². The quantitative estimate of drug-likeness (QED) is 0.540. The average molecular weight is 476 g/mol. The number of halogens is 3. The first-order valence-corrected chi connectivity index (χ1v) is 11.6. The highest BCUT2D eigenvalue weighted by molar-refractivity contribution is 6.00. The number of amides is 1. The van der Waals surface area contributed by atoms with Crippen LogP contribution in [0.2, 0.25) is 0 Å². The summed E-state index contributed by atoms with van der Waals surface area (Å²) < 4.78 is 49.5. The Morgan fingerprint density at radius 2 is 1.53 bits per heavy atom. The molecular weight excluding hydrogens is 447 g/mol. The van der Waals surface area contributed by atoms with Crippen LogP contribution >= 0.6 is 0 Å². The molecule has 0 aromatic heterocycles. The molecule has 0 spiro atoms. The minimum absolute atomic E-state index is 0.0124. The molecule has 0 saturated heterocycles. The normalized spacial score (nSPS) is 20.7. The number of nitrogens with one attached hydrogen (secondary N) is 1. The number of fused-ring (bicyclic) bond motifs is 3. The van der Waals surface area contributed by atoms with E-state index >= 15 is 0 Å². The molecule has 0 heterocycles. The van der Waals surface area contributed by atoms with Crippen molar-refractivity contribution in [3.8, 4) is 11.1 Å². The van der Waals surface area contributed by atoms with Gasteiger partial charge in [0.2, 0.25) is 5.91 Å². The van der Waals surface area contributed by atoms with Crippen molar-refractivity contribution < 1.29 is 32.2 Å². The molecule has 2 aromatic rings. The van der Waals surface area contributed by atoms with E-state index in [-0.39, 0.29) is 19.1 Å². The monoisotopic (exact) mass is 475 g/mol. The molecular formula is C26H28F3NO4. The summed E-state index contributed by atoms with van der Waals surface area (Å²) >= 11 is 0. The molecule has 0 unspecified atom stereocenters. The first kappa shape index (κ1) is 24.1. The molecule has 5 nitrogen and oxygen atoms in total. The number of alkyl halides is 3. The highest BCUT2D eigenvalue weighted by Crippen LogP contribution is 2.51. The molecule has 0 bridgehead atoms.